The van der Waals surface area contributed by atoms with E-state index in [1.54, 1.807) is 23.9 Å². The summed E-state index contributed by atoms with van der Waals surface area (Å²) in [6, 6.07) is 6.31. The van der Waals surface area contributed by atoms with E-state index in [4.69, 9.17) is 4.52 Å². The molecule has 2 aromatic rings. The highest BCUT2D eigenvalue weighted by Gasteiger charge is 2.35. The Balaban J connectivity index is 1.89. The first-order valence-electron chi connectivity index (χ1n) is 6.84. The number of aliphatic hydroxyl groups excluding tert-OH is 1. The number of halogens is 1. The van der Waals surface area contributed by atoms with Gasteiger partial charge in [0.1, 0.15) is 5.82 Å². The molecule has 1 fully saturated rings. The van der Waals surface area contributed by atoms with Gasteiger partial charge < -0.3 is 9.63 Å². The van der Waals surface area contributed by atoms with Crippen LogP contribution in [0.15, 0.2) is 28.8 Å². The predicted molar refractivity (Wildman–Crippen MR) is 78.9 cm³/mol. The molecule has 1 aromatic carbocycles. The van der Waals surface area contributed by atoms with E-state index in [9.17, 15) is 9.50 Å². The molecule has 4 nitrogen and oxygen atoms in total. The van der Waals surface area contributed by atoms with Crippen LogP contribution in [0.1, 0.15) is 37.0 Å². The van der Waals surface area contributed by atoms with Gasteiger partial charge in [-0.2, -0.15) is 16.7 Å². The van der Waals surface area contributed by atoms with Crippen molar-refractivity contribution in [2.45, 2.75) is 31.3 Å². The Kier molecular flexibility index (Phi) is 3.75. The van der Waals surface area contributed by atoms with Crippen LogP contribution in [0, 0.1) is 5.82 Å². The highest BCUT2D eigenvalue weighted by Crippen LogP contribution is 2.34. The number of thioether (sulfide) groups is 1. The minimum atomic E-state index is -0.480. The van der Waals surface area contributed by atoms with Gasteiger partial charge in [-0.15, -0.1) is 0 Å². The molecule has 0 aliphatic carbocycles. The topological polar surface area (TPSA) is 59.2 Å². The molecule has 0 spiro atoms. The fourth-order valence-corrected chi connectivity index (χ4v) is 3.64. The zero-order valence-corrected chi connectivity index (χ0v) is 12.7. The average molecular weight is 308 g/mol. The molecular formula is C15H17FN2O2S. The summed E-state index contributed by atoms with van der Waals surface area (Å²) in [6.07, 6.45) is -0.433. The van der Waals surface area contributed by atoms with Crippen molar-refractivity contribution < 1.29 is 14.0 Å². The van der Waals surface area contributed by atoms with Crippen LogP contribution in [0.3, 0.4) is 0 Å². The van der Waals surface area contributed by atoms with Crippen molar-refractivity contribution in [1.29, 1.82) is 0 Å². The standard InChI is InChI=1S/C15H17FN2O2S/c1-15(2,9-3-5-10(16)6-4-9)14-17-13(20-18-14)11-7-21-8-12(11)19/h3-6,11-12,19H,7-8H2,1-2H3. The minimum absolute atomic E-state index is 0.0970. The van der Waals surface area contributed by atoms with Gasteiger partial charge in [-0.05, 0) is 31.5 Å². The third kappa shape index (κ3) is 2.70. The summed E-state index contributed by atoms with van der Waals surface area (Å²) in [7, 11) is 0. The van der Waals surface area contributed by atoms with E-state index in [2.05, 4.69) is 10.1 Å². The molecule has 0 bridgehead atoms. The van der Waals surface area contributed by atoms with Gasteiger partial charge in [0.2, 0.25) is 5.89 Å². The summed E-state index contributed by atoms with van der Waals surface area (Å²) in [6.45, 7) is 3.93. The Morgan fingerprint density at radius 3 is 2.62 bits per heavy atom. The molecule has 1 N–H and O–H groups in total. The average Bonchev–Trinajstić information content (AvgIpc) is 3.07. The Labute approximate surface area is 126 Å². The summed E-state index contributed by atoms with van der Waals surface area (Å²) in [5.41, 5.74) is 0.434. The van der Waals surface area contributed by atoms with Gasteiger partial charge in [0.25, 0.3) is 0 Å². The maximum absolute atomic E-state index is 13.0. The van der Waals surface area contributed by atoms with Gasteiger partial charge in [0.15, 0.2) is 5.82 Å². The molecule has 6 heteroatoms. The first-order chi connectivity index (χ1) is 9.98. The van der Waals surface area contributed by atoms with Gasteiger partial charge in [-0.3, -0.25) is 0 Å². The van der Waals surface area contributed by atoms with E-state index in [0.29, 0.717) is 17.5 Å². The molecule has 3 rings (SSSR count). The first kappa shape index (κ1) is 14.5. The van der Waals surface area contributed by atoms with Crippen molar-refractivity contribution in [3.63, 3.8) is 0 Å². The summed E-state index contributed by atoms with van der Waals surface area (Å²) in [5.74, 6) is 2.16. The molecule has 1 aliphatic heterocycles. The molecule has 2 unspecified atom stereocenters. The van der Waals surface area contributed by atoms with Crippen LogP contribution in [0.5, 0.6) is 0 Å². The molecule has 1 aliphatic rings. The smallest absolute Gasteiger partial charge is 0.233 e. The second-order valence-electron chi connectivity index (χ2n) is 5.80. The van der Waals surface area contributed by atoms with Gasteiger partial charge in [-0.1, -0.05) is 17.3 Å². The molecule has 2 heterocycles. The lowest BCUT2D eigenvalue weighted by molar-refractivity contribution is 0.164. The molecule has 0 saturated carbocycles. The predicted octanol–water partition coefficient (Wildman–Crippen LogP) is 2.73. The maximum atomic E-state index is 13.0. The van der Waals surface area contributed by atoms with Crippen LogP contribution >= 0.6 is 11.8 Å². The lowest BCUT2D eigenvalue weighted by Crippen LogP contribution is -2.21. The van der Waals surface area contributed by atoms with Crippen molar-refractivity contribution in [1.82, 2.24) is 10.1 Å². The number of benzene rings is 1. The Morgan fingerprint density at radius 1 is 1.29 bits per heavy atom. The third-order valence-corrected chi connectivity index (χ3v) is 5.11. The molecule has 21 heavy (non-hydrogen) atoms. The summed E-state index contributed by atoms with van der Waals surface area (Å²) in [5, 5.41) is 14.0. The highest BCUT2D eigenvalue weighted by atomic mass is 32.2. The quantitative estimate of drug-likeness (QED) is 0.945. The second kappa shape index (κ2) is 5.42. The van der Waals surface area contributed by atoms with Gasteiger partial charge in [-0.25, -0.2) is 4.39 Å². The maximum Gasteiger partial charge on any atom is 0.233 e. The summed E-state index contributed by atoms with van der Waals surface area (Å²) >= 11 is 1.68. The van der Waals surface area contributed by atoms with Crippen LogP contribution < -0.4 is 0 Å². The van der Waals surface area contributed by atoms with E-state index in [1.165, 1.54) is 12.1 Å². The largest absolute Gasteiger partial charge is 0.391 e. The van der Waals surface area contributed by atoms with Crippen LogP contribution in [-0.2, 0) is 5.41 Å². The lowest BCUT2D eigenvalue weighted by Gasteiger charge is -2.20. The van der Waals surface area contributed by atoms with Crippen molar-refractivity contribution in [3.8, 4) is 0 Å². The zero-order valence-electron chi connectivity index (χ0n) is 11.9. The zero-order chi connectivity index (χ0) is 15.0. The van der Waals surface area contributed by atoms with E-state index in [1.807, 2.05) is 13.8 Å². The lowest BCUT2D eigenvalue weighted by atomic mass is 9.84. The van der Waals surface area contributed by atoms with E-state index >= 15 is 0 Å². The van der Waals surface area contributed by atoms with Gasteiger partial charge in [0, 0.05) is 11.5 Å². The Morgan fingerprint density at radius 2 is 2.00 bits per heavy atom. The molecule has 2 atom stereocenters. The minimum Gasteiger partial charge on any atom is -0.391 e. The first-order valence-corrected chi connectivity index (χ1v) is 8.00. The molecule has 0 radical (unpaired) electrons. The molecule has 0 amide bonds. The number of hydrogen-bond acceptors (Lipinski definition) is 5. The summed E-state index contributed by atoms with van der Waals surface area (Å²) < 4.78 is 18.4. The van der Waals surface area contributed by atoms with Crippen LogP contribution in [0.4, 0.5) is 4.39 Å². The molecular weight excluding hydrogens is 291 g/mol. The van der Waals surface area contributed by atoms with Crippen molar-refractivity contribution in [2.75, 3.05) is 11.5 Å². The highest BCUT2D eigenvalue weighted by molar-refractivity contribution is 7.99. The Hall–Kier alpha value is -1.40. The molecule has 1 saturated heterocycles. The second-order valence-corrected chi connectivity index (χ2v) is 6.87. The monoisotopic (exact) mass is 308 g/mol. The van der Waals surface area contributed by atoms with Gasteiger partial charge >= 0.3 is 0 Å². The number of aromatic nitrogens is 2. The molecule has 112 valence electrons. The Bertz CT molecular complexity index is 627. The third-order valence-electron chi connectivity index (χ3n) is 3.93. The van der Waals surface area contributed by atoms with Gasteiger partial charge in [0.05, 0.1) is 17.4 Å². The number of hydrogen-bond donors (Lipinski definition) is 1. The van der Waals surface area contributed by atoms with Crippen LogP contribution in [0.2, 0.25) is 0 Å². The van der Waals surface area contributed by atoms with Crippen molar-refractivity contribution in [3.05, 3.63) is 47.4 Å². The van der Waals surface area contributed by atoms with E-state index in [-0.39, 0.29) is 11.7 Å². The van der Waals surface area contributed by atoms with Crippen molar-refractivity contribution >= 4 is 11.8 Å². The van der Waals surface area contributed by atoms with Crippen LogP contribution in [-0.4, -0.2) is 32.9 Å². The fraction of sp³-hybridized carbons (Fsp3) is 0.467. The van der Waals surface area contributed by atoms with E-state index < -0.39 is 11.5 Å². The SMILES string of the molecule is CC(C)(c1ccc(F)cc1)c1noc(C2CSCC2O)n1. The fourth-order valence-electron chi connectivity index (χ4n) is 2.41. The summed E-state index contributed by atoms with van der Waals surface area (Å²) in [4.78, 5) is 4.47. The normalized spacial score (nSPS) is 22.7. The van der Waals surface area contributed by atoms with Crippen LogP contribution in [0.25, 0.3) is 0 Å². The molecule has 1 aromatic heterocycles. The number of aliphatic hydroxyl groups is 1. The number of rotatable bonds is 3. The van der Waals surface area contributed by atoms with E-state index in [0.717, 1.165) is 11.3 Å². The van der Waals surface area contributed by atoms with Crippen molar-refractivity contribution in [2.24, 2.45) is 0 Å². The number of nitrogens with zero attached hydrogens (tertiary/aromatic N) is 2.